The van der Waals surface area contributed by atoms with Gasteiger partial charge in [-0.25, -0.2) is 0 Å². The third-order valence-electron chi connectivity index (χ3n) is 4.98. The monoisotopic (exact) mass is 353 g/mol. The van der Waals surface area contributed by atoms with Crippen molar-refractivity contribution in [3.05, 3.63) is 63.7 Å². The zero-order valence-electron chi connectivity index (χ0n) is 17.1. The van der Waals surface area contributed by atoms with Gasteiger partial charge in [0.05, 0.1) is 6.04 Å². The zero-order valence-corrected chi connectivity index (χ0v) is 17.1. The largest absolute Gasteiger partial charge is 0.480 e. The maximum Gasteiger partial charge on any atom is 0.261 e. The third-order valence-corrected chi connectivity index (χ3v) is 4.98. The van der Waals surface area contributed by atoms with Crippen LogP contribution in [-0.4, -0.2) is 12.0 Å². The molecular weight excluding hydrogens is 322 g/mol. The van der Waals surface area contributed by atoms with Crippen LogP contribution in [0.15, 0.2) is 30.3 Å². The van der Waals surface area contributed by atoms with E-state index in [0.29, 0.717) is 6.42 Å². The van der Waals surface area contributed by atoms with Crippen molar-refractivity contribution < 1.29 is 9.53 Å². The average Bonchev–Trinajstić information content (AvgIpc) is 2.58. The number of ether oxygens (including phenoxy) is 1. The van der Waals surface area contributed by atoms with Crippen molar-refractivity contribution in [1.82, 2.24) is 5.32 Å². The van der Waals surface area contributed by atoms with E-state index < -0.39 is 6.10 Å². The van der Waals surface area contributed by atoms with E-state index in [9.17, 15) is 4.79 Å². The smallest absolute Gasteiger partial charge is 0.261 e. The van der Waals surface area contributed by atoms with Crippen LogP contribution in [0.2, 0.25) is 0 Å². The van der Waals surface area contributed by atoms with Crippen LogP contribution < -0.4 is 10.1 Å². The first-order valence-electron chi connectivity index (χ1n) is 9.35. The second kappa shape index (κ2) is 8.39. The number of hydrogen-bond donors (Lipinski definition) is 1. The summed E-state index contributed by atoms with van der Waals surface area (Å²) in [6.45, 7) is 14.3. The SMILES string of the molecule is CC[C@@H](Oc1cc(C)ccc1C)C(=O)N[C@H](C)c1cc(C)c(C)cc1C. The number of benzene rings is 2. The molecule has 2 aromatic rings. The van der Waals surface area contributed by atoms with Crippen LogP contribution in [0.3, 0.4) is 0 Å². The maximum atomic E-state index is 12.8. The highest BCUT2D eigenvalue weighted by molar-refractivity contribution is 5.81. The molecule has 140 valence electrons. The number of hydrogen-bond acceptors (Lipinski definition) is 2. The lowest BCUT2D eigenvalue weighted by atomic mass is 9.96. The molecule has 0 fully saturated rings. The molecule has 0 unspecified atom stereocenters. The number of carbonyl (C=O) groups excluding carboxylic acids is 1. The Morgan fingerprint density at radius 3 is 2.27 bits per heavy atom. The Morgan fingerprint density at radius 1 is 0.962 bits per heavy atom. The van der Waals surface area contributed by atoms with Crippen LogP contribution in [0.5, 0.6) is 5.75 Å². The van der Waals surface area contributed by atoms with Crippen LogP contribution >= 0.6 is 0 Å². The summed E-state index contributed by atoms with van der Waals surface area (Å²) in [6.07, 6.45) is 0.127. The van der Waals surface area contributed by atoms with Gasteiger partial charge < -0.3 is 10.1 Å². The fraction of sp³-hybridized carbons (Fsp3) is 0.435. The Labute approximate surface area is 157 Å². The Balaban J connectivity index is 2.13. The van der Waals surface area contributed by atoms with Gasteiger partial charge in [0.1, 0.15) is 5.75 Å². The second-order valence-electron chi connectivity index (χ2n) is 7.31. The normalized spacial score (nSPS) is 13.2. The summed E-state index contributed by atoms with van der Waals surface area (Å²) in [5.41, 5.74) is 7.03. The van der Waals surface area contributed by atoms with Gasteiger partial charge in [-0.05, 0) is 87.4 Å². The topological polar surface area (TPSA) is 38.3 Å². The van der Waals surface area contributed by atoms with Gasteiger partial charge >= 0.3 is 0 Å². The lowest BCUT2D eigenvalue weighted by molar-refractivity contribution is -0.128. The minimum atomic E-state index is -0.496. The molecule has 0 bridgehead atoms. The first kappa shape index (κ1) is 20.0. The second-order valence-corrected chi connectivity index (χ2v) is 7.31. The Kier molecular flexibility index (Phi) is 6.47. The van der Waals surface area contributed by atoms with Gasteiger partial charge in [0.15, 0.2) is 6.10 Å². The molecule has 0 aromatic heterocycles. The zero-order chi connectivity index (χ0) is 19.4. The molecule has 26 heavy (non-hydrogen) atoms. The van der Waals surface area contributed by atoms with Gasteiger partial charge in [-0.1, -0.05) is 31.2 Å². The van der Waals surface area contributed by atoms with Gasteiger partial charge in [0.2, 0.25) is 0 Å². The van der Waals surface area contributed by atoms with E-state index in [0.717, 1.165) is 22.4 Å². The molecule has 2 rings (SSSR count). The van der Waals surface area contributed by atoms with Crippen LogP contribution in [0.1, 0.15) is 59.7 Å². The standard InChI is InChI=1S/C23H31NO2/c1-8-21(26-22-11-14(2)9-10-15(22)3)23(25)24-19(7)20-13-17(5)16(4)12-18(20)6/h9-13,19,21H,8H2,1-7H3,(H,24,25)/t19-,21-/m1/s1. The molecule has 0 aliphatic heterocycles. The molecular formula is C23H31NO2. The van der Waals surface area contributed by atoms with Gasteiger partial charge in [-0.2, -0.15) is 0 Å². The summed E-state index contributed by atoms with van der Waals surface area (Å²) < 4.78 is 6.03. The molecule has 2 aromatic carbocycles. The van der Waals surface area contributed by atoms with Gasteiger partial charge in [0, 0.05) is 0 Å². The molecule has 0 saturated heterocycles. The minimum Gasteiger partial charge on any atom is -0.480 e. The van der Waals surface area contributed by atoms with Crippen LogP contribution in [0, 0.1) is 34.6 Å². The highest BCUT2D eigenvalue weighted by Crippen LogP contribution is 2.24. The van der Waals surface area contributed by atoms with Gasteiger partial charge in [0.25, 0.3) is 5.91 Å². The number of rotatable bonds is 6. The van der Waals surface area contributed by atoms with E-state index >= 15 is 0 Å². The quantitative estimate of drug-likeness (QED) is 0.769. The van der Waals surface area contributed by atoms with E-state index in [-0.39, 0.29) is 11.9 Å². The number of amides is 1. The molecule has 0 spiro atoms. The highest BCUT2D eigenvalue weighted by atomic mass is 16.5. The average molecular weight is 354 g/mol. The molecule has 0 aliphatic rings. The predicted octanol–water partition coefficient (Wildman–Crippen LogP) is 5.26. The first-order chi connectivity index (χ1) is 12.2. The predicted molar refractivity (Wildman–Crippen MR) is 108 cm³/mol. The Morgan fingerprint density at radius 2 is 1.62 bits per heavy atom. The third kappa shape index (κ3) is 4.66. The molecule has 3 nitrogen and oxygen atoms in total. The molecule has 0 aliphatic carbocycles. The lowest BCUT2D eigenvalue weighted by Gasteiger charge is -2.23. The van der Waals surface area contributed by atoms with Crippen molar-refractivity contribution in [3.63, 3.8) is 0 Å². The molecule has 0 radical (unpaired) electrons. The van der Waals surface area contributed by atoms with Crippen LogP contribution in [-0.2, 0) is 4.79 Å². The van der Waals surface area contributed by atoms with Gasteiger partial charge in [-0.3, -0.25) is 4.79 Å². The Bertz CT molecular complexity index is 795. The number of aryl methyl sites for hydroxylation is 5. The fourth-order valence-electron chi connectivity index (χ4n) is 3.14. The van der Waals surface area contributed by atoms with Crippen molar-refractivity contribution in [2.45, 2.75) is 67.0 Å². The maximum absolute atomic E-state index is 12.8. The number of nitrogens with one attached hydrogen (secondary N) is 1. The van der Waals surface area contributed by atoms with E-state index in [1.807, 2.05) is 45.9 Å². The van der Waals surface area contributed by atoms with Crippen molar-refractivity contribution in [2.24, 2.45) is 0 Å². The van der Waals surface area contributed by atoms with Crippen LogP contribution in [0.25, 0.3) is 0 Å². The van der Waals surface area contributed by atoms with Crippen molar-refractivity contribution in [1.29, 1.82) is 0 Å². The van der Waals surface area contributed by atoms with E-state index in [1.54, 1.807) is 0 Å². The summed E-state index contributed by atoms with van der Waals surface area (Å²) in [7, 11) is 0. The van der Waals surface area contributed by atoms with Crippen LogP contribution in [0.4, 0.5) is 0 Å². The summed E-state index contributed by atoms with van der Waals surface area (Å²) >= 11 is 0. The van der Waals surface area contributed by atoms with E-state index in [4.69, 9.17) is 4.74 Å². The summed E-state index contributed by atoms with van der Waals surface area (Å²) in [4.78, 5) is 12.8. The van der Waals surface area contributed by atoms with Crippen molar-refractivity contribution >= 4 is 5.91 Å². The molecule has 3 heteroatoms. The minimum absolute atomic E-state index is 0.0574. The summed E-state index contributed by atoms with van der Waals surface area (Å²) in [5.74, 6) is 0.709. The molecule has 0 saturated carbocycles. The highest BCUT2D eigenvalue weighted by Gasteiger charge is 2.22. The summed E-state index contributed by atoms with van der Waals surface area (Å²) in [5, 5.41) is 3.13. The van der Waals surface area contributed by atoms with Crippen molar-refractivity contribution in [3.8, 4) is 5.75 Å². The molecule has 1 N–H and O–H groups in total. The molecule has 2 atom stereocenters. The van der Waals surface area contributed by atoms with E-state index in [2.05, 4.69) is 38.2 Å². The Hall–Kier alpha value is -2.29. The molecule has 1 amide bonds. The van der Waals surface area contributed by atoms with E-state index in [1.165, 1.54) is 16.7 Å². The van der Waals surface area contributed by atoms with Gasteiger partial charge in [-0.15, -0.1) is 0 Å². The first-order valence-corrected chi connectivity index (χ1v) is 9.35. The summed E-state index contributed by atoms with van der Waals surface area (Å²) in [6, 6.07) is 10.4. The number of carbonyl (C=O) groups is 1. The van der Waals surface area contributed by atoms with Crippen molar-refractivity contribution in [2.75, 3.05) is 0 Å². The molecule has 0 heterocycles. The lowest BCUT2D eigenvalue weighted by Crippen LogP contribution is -2.39. The fourth-order valence-corrected chi connectivity index (χ4v) is 3.14.